The van der Waals surface area contributed by atoms with Gasteiger partial charge in [-0.25, -0.2) is 0 Å². The minimum atomic E-state index is -0.639. The first kappa shape index (κ1) is 11.4. The van der Waals surface area contributed by atoms with E-state index in [2.05, 4.69) is 10.1 Å². The summed E-state index contributed by atoms with van der Waals surface area (Å²) in [6.45, 7) is 2.17. The molecule has 88 valence electrons. The monoisotopic (exact) mass is 242 g/mol. The summed E-state index contributed by atoms with van der Waals surface area (Å²) in [5.41, 5.74) is -0.639. The molecule has 6 heteroatoms. The molecule has 0 aliphatic heterocycles. The Morgan fingerprint density at radius 3 is 2.94 bits per heavy atom. The molecule has 1 saturated carbocycles. The van der Waals surface area contributed by atoms with E-state index in [0.29, 0.717) is 24.1 Å². The second-order valence-corrected chi connectivity index (χ2v) is 4.62. The minimum Gasteiger partial charge on any atom is -0.465 e. The van der Waals surface area contributed by atoms with Crippen molar-refractivity contribution in [2.45, 2.75) is 30.9 Å². The molecule has 1 fully saturated rings. The van der Waals surface area contributed by atoms with Gasteiger partial charge in [-0.15, -0.1) is 0 Å². The Kier molecular flexibility index (Phi) is 3.18. The van der Waals surface area contributed by atoms with Crippen molar-refractivity contribution in [3.05, 3.63) is 11.7 Å². The van der Waals surface area contributed by atoms with Crippen LogP contribution in [0.3, 0.4) is 0 Å². The van der Waals surface area contributed by atoms with Gasteiger partial charge in [-0.1, -0.05) is 5.16 Å². The van der Waals surface area contributed by atoms with E-state index in [0.717, 1.165) is 12.8 Å². The van der Waals surface area contributed by atoms with E-state index < -0.39 is 5.41 Å². The standard InChI is InChI=1S/C10H14N2O3S/c1-3-14-9(13)10(4-5-10)8-11-7(6-16-2)12-15-8/h3-6H2,1-2H3. The van der Waals surface area contributed by atoms with Crippen LogP contribution in [0.5, 0.6) is 0 Å². The Morgan fingerprint density at radius 2 is 2.38 bits per heavy atom. The Morgan fingerprint density at radius 1 is 1.62 bits per heavy atom. The van der Waals surface area contributed by atoms with Crippen LogP contribution in [0.1, 0.15) is 31.5 Å². The maximum absolute atomic E-state index is 11.7. The van der Waals surface area contributed by atoms with Gasteiger partial charge >= 0.3 is 5.97 Å². The normalized spacial score (nSPS) is 17.1. The second-order valence-electron chi connectivity index (χ2n) is 3.75. The molecule has 1 aromatic rings. The van der Waals surface area contributed by atoms with Crippen LogP contribution in [0, 0.1) is 0 Å². The molecule has 0 amide bonds. The molecule has 1 heterocycles. The maximum atomic E-state index is 11.7. The third-order valence-corrected chi connectivity index (χ3v) is 3.11. The average molecular weight is 242 g/mol. The number of carbonyl (C=O) groups is 1. The molecule has 1 aliphatic rings. The van der Waals surface area contributed by atoms with E-state index in [9.17, 15) is 4.79 Å². The lowest BCUT2D eigenvalue weighted by atomic mass is 10.1. The van der Waals surface area contributed by atoms with Crippen LogP contribution in [-0.2, 0) is 20.7 Å². The molecular formula is C10H14N2O3S. The molecule has 0 saturated heterocycles. The molecule has 0 spiro atoms. The van der Waals surface area contributed by atoms with Gasteiger partial charge in [0.25, 0.3) is 0 Å². The first-order valence-corrected chi connectivity index (χ1v) is 6.61. The van der Waals surface area contributed by atoms with Crippen molar-refractivity contribution in [1.29, 1.82) is 0 Å². The summed E-state index contributed by atoms with van der Waals surface area (Å²) in [6.07, 6.45) is 3.45. The van der Waals surface area contributed by atoms with Crippen molar-refractivity contribution < 1.29 is 14.1 Å². The van der Waals surface area contributed by atoms with Gasteiger partial charge in [0, 0.05) is 0 Å². The predicted octanol–water partition coefficient (Wildman–Crippen LogP) is 1.53. The summed E-state index contributed by atoms with van der Waals surface area (Å²) in [4.78, 5) is 16.0. The first-order valence-electron chi connectivity index (χ1n) is 5.22. The predicted molar refractivity (Wildman–Crippen MR) is 59.1 cm³/mol. The molecule has 0 unspecified atom stereocenters. The highest BCUT2D eigenvalue weighted by molar-refractivity contribution is 7.97. The maximum Gasteiger partial charge on any atom is 0.321 e. The first-order chi connectivity index (χ1) is 7.73. The van der Waals surface area contributed by atoms with Gasteiger partial charge < -0.3 is 9.26 Å². The molecule has 0 radical (unpaired) electrons. The molecule has 1 aliphatic carbocycles. The SMILES string of the molecule is CCOC(=O)C1(c2nc(CSC)no2)CC1. The third kappa shape index (κ3) is 1.93. The van der Waals surface area contributed by atoms with Crippen LogP contribution in [0.4, 0.5) is 0 Å². The number of thioether (sulfide) groups is 1. The Balaban J connectivity index is 2.13. The Bertz CT molecular complexity index is 387. The quantitative estimate of drug-likeness (QED) is 0.729. The summed E-state index contributed by atoms with van der Waals surface area (Å²) < 4.78 is 10.2. The lowest BCUT2D eigenvalue weighted by molar-refractivity contribution is -0.146. The number of nitrogens with zero attached hydrogens (tertiary/aromatic N) is 2. The smallest absolute Gasteiger partial charge is 0.321 e. The number of rotatable bonds is 5. The van der Waals surface area contributed by atoms with Crippen molar-refractivity contribution in [3.8, 4) is 0 Å². The van der Waals surface area contributed by atoms with E-state index in [1.807, 2.05) is 6.26 Å². The number of carbonyl (C=O) groups excluding carboxylic acids is 1. The fourth-order valence-corrected chi connectivity index (χ4v) is 1.91. The van der Waals surface area contributed by atoms with E-state index in [1.165, 1.54) is 0 Å². The minimum absolute atomic E-state index is 0.241. The highest BCUT2D eigenvalue weighted by atomic mass is 32.2. The number of aromatic nitrogens is 2. The molecule has 0 N–H and O–H groups in total. The van der Waals surface area contributed by atoms with Crippen molar-refractivity contribution in [2.75, 3.05) is 12.9 Å². The average Bonchev–Trinajstić information content (AvgIpc) is 2.95. The second kappa shape index (κ2) is 4.45. The fourth-order valence-electron chi connectivity index (χ4n) is 1.54. The summed E-state index contributed by atoms with van der Waals surface area (Å²) in [5, 5.41) is 3.84. The van der Waals surface area contributed by atoms with Crippen molar-refractivity contribution in [2.24, 2.45) is 0 Å². The van der Waals surface area contributed by atoms with Gasteiger partial charge in [0.15, 0.2) is 5.82 Å². The van der Waals surface area contributed by atoms with Gasteiger partial charge in [-0.2, -0.15) is 16.7 Å². The summed E-state index contributed by atoms with van der Waals surface area (Å²) in [7, 11) is 0. The van der Waals surface area contributed by atoms with Crippen LogP contribution >= 0.6 is 11.8 Å². The topological polar surface area (TPSA) is 65.2 Å². The Hall–Kier alpha value is -1.04. The van der Waals surface area contributed by atoms with Gasteiger partial charge in [0.1, 0.15) is 5.41 Å². The highest BCUT2D eigenvalue weighted by Crippen LogP contribution is 2.48. The summed E-state index contributed by atoms with van der Waals surface area (Å²) in [6, 6.07) is 0. The van der Waals surface area contributed by atoms with E-state index in [-0.39, 0.29) is 5.97 Å². The summed E-state index contributed by atoms with van der Waals surface area (Å²) >= 11 is 1.62. The molecular weight excluding hydrogens is 228 g/mol. The summed E-state index contributed by atoms with van der Waals surface area (Å²) in [5.74, 6) is 1.50. The fraction of sp³-hybridized carbons (Fsp3) is 0.700. The molecule has 5 nitrogen and oxygen atoms in total. The number of ether oxygens (including phenoxy) is 1. The zero-order valence-electron chi connectivity index (χ0n) is 9.36. The van der Waals surface area contributed by atoms with E-state index in [1.54, 1.807) is 18.7 Å². The van der Waals surface area contributed by atoms with E-state index >= 15 is 0 Å². The van der Waals surface area contributed by atoms with Crippen LogP contribution in [0.2, 0.25) is 0 Å². The Labute approximate surface area is 97.9 Å². The van der Waals surface area contributed by atoms with Gasteiger partial charge in [0.2, 0.25) is 5.89 Å². The van der Waals surface area contributed by atoms with Gasteiger partial charge in [-0.3, -0.25) is 4.79 Å². The highest BCUT2D eigenvalue weighted by Gasteiger charge is 2.57. The molecule has 2 rings (SSSR count). The van der Waals surface area contributed by atoms with Crippen LogP contribution in [-0.4, -0.2) is 29.0 Å². The van der Waals surface area contributed by atoms with Gasteiger partial charge in [0.05, 0.1) is 12.4 Å². The van der Waals surface area contributed by atoms with Crippen LogP contribution in [0.15, 0.2) is 4.52 Å². The number of esters is 1. The molecule has 1 aromatic heterocycles. The molecule has 0 aromatic carbocycles. The zero-order chi connectivity index (χ0) is 11.6. The number of hydrogen-bond acceptors (Lipinski definition) is 6. The van der Waals surface area contributed by atoms with Crippen molar-refractivity contribution in [1.82, 2.24) is 10.1 Å². The van der Waals surface area contributed by atoms with Crippen LogP contribution in [0.25, 0.3) is 0 Å². The largest absolute Gasteiger partial charge is 0.465 e. The molecule has 16 heavy (non-hydrogen) atoms. The lowest BCUT2D eigenvalue weighted by Crippen LogP contribution is -2.23. The lowest BCUT2D eigenvalue weighted by Gasteiger charge is -2.07. The van der Waals surface area contributed by atoms with Gasteiger partial charge in [-0.05, 0) is 26.0 Å². The van der Waals surface area contributed by atoms with Crippen molar-refractivity contribution >= 4 is 17.7 Å². The third-order valence-electron chi connectivity index (χ3n) is 2.57. The molecule has 0 bridgehead atoms. The van der Waals surface area contributed by atoms with E-state index in [4.69, 9.17) is 9.26 Å². The van der Waals surface area contributed by atoms with Crippen LogP contribution < -0.4 is 0 Å². The zero-order valence-corrected chi connectivity index (χ0v) is 10.2. The number of hydrogen-bond donors (Lipinski definition) is 0. The molecule has 0 atom stereocenters. The van der Waals surface area contributed by atoms with Crippen molar-refractivity contribution in [3.63, 3.8) is 0 Å².